The van der Waals surface area contributed by atoms with E-state index in [1.54, 1.807) is 0 Å². The molecule has 0 atom stereocenters. The standard InChI is InChI=1S/C20H13NO3/c1-11-14-9-16-15(13-7-5-4-6-8-13)10-17(22)23-19(16)12(2)18(14)24-20(11)21-3/h4-10H,1-2H3. The van der Waals surface area contributed by atoms with Gasteiger partial charge in [-0.25, -0.2) is 4.79 Å². The van der Waals surface area contributed by atoms with E-state index in [1.165, 1.54) is 6.07 Å². The first kappa shape index (κ1) is 14.3. The summed E-state index contributed by atoms with van der Waals surface area (Å²) < 4.78 is 11.1. The zero-order valence-electron chi connectivity index (χ0n) is 13.2. The summed E-state index contributed by atoms with van der Waals surface area (Å²) in [5, 5.41) is 1.71. The molecule has 0 bridgehead atoms. The number of furan rings is 1. The van der Waals surface area contributed by atoms with Gasteiger partial charge in [0, 0.05) is 28.0 Å². The van der Waals surface area contributed by atoms with Gasteiger partial charge in [0.25, 0.3) is 0 Å². The van der Waals surface area contributed by atoms with E-state index in [9.17, 15) is 4.79 Å². The van der Waals surface area contributed by atoms with E-state index in [0.717, 1.165) is 33.0 Å². The molecular formula is C20H13NO3. The van der Waals surface area contributed by atoms with Gasteiger partial charge in [-0.2, -0.15) is 4.85 Å². The highest BCUT2D eigenvalue weighted by Gasteiger charge is 2.18. The van der Waals surface area contributed by atoms with Crippen molar-refractivity contribution < 1.29 is 8.83 Å². The fourth-order valence-corrected chi connectivity index (χ4v) is 3.10. The van der Waals surface area contributed by atoms with Crippen molar-refractivity contribution in [2.45, 2.75) is 13.8 Å². The highest BCUT2D eigenvalue weighted by molar-refractivity contribution is 6.05. The molecule has 0 N–H and O–H groups in total. The van der Waals surface area contributed by atoms with E-state index >= 15 is 0 Å². The number of rotatable bonds is 1. The van der Waals surface area contributed by atoms with Crippen LogP contribution in [0.15, 0.2) is 56.1 Å². The summed E-state index contributed by atoms with van der Waals surface area (Å²) in [6.07, 6.45) is 0. The Morgan fingerprint density at radius 2 is 1.62 bits per heavy atom. The van der Waals surface area contributed by atoms with Crippen LogP contribution in [0.4, 0.5) is 5.88 Å². The van der Waals surface area contributed by atoms with E-state index in [0.29, 0.717) is 11.2 Å². The molecule has 2 aromatic heterocycles. The summed E-state index contributed by atoms with van der Waals surface area (Å²) in [4.78, 5) is 15.5. The highest BCUT2D eigenvalue weighted by Crippen LogP contribution is 2.39. The minimum atomic E-state index is -0.405. The number of hydrogen-bond acceptors (Lipinski definition) is 3. The van der Waals surface area contributed by atoms with Crippen LogP contribution in [0.2, 0.25) is 0 Å². The van der Waals surface area contributed by atoms with Gasteiger partial charge in [0.1, 0.15) is 11.2 Å². The van der Waals surface area contributed by atoms with Gasteiger partial charge in [-0.15, -0.1) is 0 Å². The quantitative estimate of drug-likeness (QED) is 0.350. The number of aryl methyl sites for hydroxylation is 2. The first-order valence-corrected chi connectivity index (χ1v) is 7.53. The average Bonchev–Trinajstić information content (AvgIpc) is 2.92. The molecule has 24 heavy (non-hydrogen) atoms. The molecule has 2 aromatic carbocycles. The molecular weight excluding hydrogens is 302 g/mol. The third-order valence-electron chi connectivity index (χ3n) is 4.32. The molecule has 0 aliphatic carbocycles. The van der Waals surface area contributed by atoms with Gasteiger partial charge in [-0.3, -0.25) is 0 Å². The Hall–Kier alpha value is -3.32. The smallest absolute Gasteiger partial charge is 0.349 e. The first-order chi connectivity index (χ1) is 11.6. The Morgan fingerprint density at radius 1 is 0.917 bits per heavy atom. The second-order valence-electron chi connectivity index (χ2n) is 5.74. The van der Waals surface area contributed by atoms with E-state index < -0.39 is 5.63 Å². The molecule has 4 heteroatoms. The van der Waals surface area contributed by atoms with Crippen molar-refractivity contribution in [3.05, 3.63) is 75.4 Å². The summed E-state index contributed by atoms with van der Waals surface area (Å²) in [6.45, 7) is 11.0. The van der Waals surface area contributed by atoms with Crippen LogP contribution in [0, 0.1) is 20.4 Å². The lowest BCUT2D eigenvalue weighted by molar-refractivity contribution is 0.557. The Kier molecular flexibility index (Phi) is 3.04. The minimum absolute atomic E-state index is 0.270. The monoisotopic (exact) mass is 315 g/mol. The molecule has 0 unspecified atom stereocenters. The lowest BCUT2D eigenvalue weighted by atomic mass is 9.98. The second kappa shape index (κ2) is 5.10. The molecule has 4 nitrogen and oxygen atoms in total. The SMILES string of the molecule is [C-]#[N+]c1oc2c(C)c3oc(=O)cc(-c4ccccc4)c3cc2c1C. The van der Waals surface area contributed by atoms with Crippen LogP contribution in [-0.4, -0.2) is 0 Å². The Morgan fingerprint density at radius 3 is 2.33 bits per heavy atom. The summed E-state index contributed by atoms with van der Waals surface area (Å²) in [5.74, 6) is 0.270. The van der Waals surface area contributed by atoms with Gasteiger partial charge in [-0.1, -0.05) is 30.3 Å². The van der Waals surface area contributed by atoms with Crippen LogP contribution in [0.5, 0.6) is 0 Å². The number of fused-ring (bicyclic) bond motifs is 2. The number of benzene rings is 2. The van der Waals surface area contributed by atoms with Gasteiger partial charge in [0.2, 0.25) is 0 Å². The molecule has 0 saturated heterocycles. The molecule has 0 fully saturated rings. The zero-order valence-corrected chi connectivity index (χ0v) is 13.2. The van der Waals surface area contributed by atoms with Crippen LogP contribution < -0.4 is 5.63 Å². The Bertz CT molecular complexity index is 1190. The van der Waals surface area contributed by atoms with Crippen molar-refractivity contribution >= 4 is 27.8 Å². The maximum absolute atomic E-state index is 12.0. The van der Waals surface area contributed by atoms with Gasteiger partial charge in [0.15, 0.2) is 0 Å². The van der Waals surface area contributed by atoms with Crippen molar-refractivity contribution in [1.29, 1.82) is 0 Å². The molecule has 0 spiro atoms. The van der Waals surface area contributed by atoms with Crippen LogP contribution in [0.25, 0.3) is 37.9 Å². The maximum Gasteiger partial charge on any atom is 0.349 e. The Labute approximate surface area is 137 Å². The third kappa shape index (κ3) is 1.95. The van der Waals surface area contributed by atoms with Crippen molar-refractivity contribution in [3.8, 4) is 11.1 Å². The molecule has 116 valence electrons. The number of nitrogens with zero attached hydrogens (tertiary/aromatic N) is 1. The van der Waals surface area contributed by atoms with Crippen LogP contribution >= 0.6 is 0 Å². The molecule has 0 saturated carbocycles. The average molecular weight is 315 g/mol. The van der Waals surface area contributed by atoms with Crippen molar-refractivity contribution in [2.75, 3.05) is 0 Å². The maximum atomic E-state index is 12.0. The summed E-state index contributed by atoms with van der Waals surface area (Å²) >= 11 is 0. The van der Waals surface area contributed by atoms with Crippen molar-refractivity contribution in [3.63, 3.8) is 0 Å². The van der Waals surface area contributed by atoms with E-state index in [4.69, 9.17) is 15.4 Å². The predicted octanol–water partition coefficient (Wildman–Crippen LogP) is 5.37. The predicted molar refractivity (Wildman–Crippen MR) is 93.4 cm³/mol. The van der Waals surface area contributed by atoms with Gasteiger partial charge in [0.05, 0.1) is 6.57 Å². The first-order valence-electron chi connectivity index (χ1n) is 7.53. The molecule has 0 aliphatic rings. The Balaban J connectivity index is 2.21. The largest absolute Gasteiger partial charge is 0.479 e. The van der Waals surface area contributed by atoms with Gasteiger partial charge >= 0.3 is 11.5 Å². The summed E-state index contributed by atoms with van der Waals surface area (Å²) in [5.41, 5.74) is 3.99. The minimum Gasteiger partial charge on any atom is -0.479 e. The number of hydrogen-bond donors (Lipinski definition) is 0. The lowest BCUT2D eigenvalue weighted by Crippen LogP contribution is -1.99. The van der Waals surface area contributed by atoms with E-state index in [1.807, 2.05) is 50.2 Å². The van der Waals surface area contributed by atoms with Crippen molar-refractivity contribution in [1.82, 2.24) is 0 Å². The fourth-order valence-electron chi connectivity index (χ4n) is 3.10. The van der Waals surface area contributed by atoms with Crippen LogP contribution in [-0.2, 0) is 0 Å². The molecule has 0 amide bonds. The topological polar surface area (TPSA) is 47.7 Å². The second-order valence-corrected chi connectivity index (χ2v) is 5.74. The fraction of sp³-hybridized carbons (Fsp3) is 0.100. The van der Waals surface area contributed by atoms with Crippen molar-refractivity contribution in [2.24, 2.45) is 0 Å². The summed E-state index contributed by atoms with van der Waals surface area (Å²) in [6, 6.07) is 13.2. The molecule has 0 radical (unpaired) electrons. The third-order valence-corrected chi connectivity index (χ3v) is 4.32. The van der Waals surface area contributed by atoms with Crippen LogP contribution in [0.3, 0.4) is 0 Å². The normalized spacial score (nSPS) is 11.0. The van der Waals surface area contributed by atoms with E-state index in [-0.39, 0.29) is 5.88 Å². The van der Waals surface area contributed by atoms with Gasteiger partial charge in [-0.05, 0) is 31.0 Å². The molecule has 0 aliphatic heterocycles. The van der Waals surface area contributed by atoms with E-state index in [2.05, 4.69) is 4.85 Å². The molecule has 2 heterocycles. The zero-order chi connectivity index (χ0) is 16.8. The molecule has 4 rings (SSSR count). The van der Waals surface area contributed by atoms with Crippen LogP contribution in [0.1, 0.15) is 11.1 Å². The van der Waals surface area contributed by atoms with Gasteiger partial charge < -0.3 is 8.83 Å². The summed E-state index contributed by atoms with van der Waals surface area (Å²) in [7, 11) is 0. The molecule has 4 aromatic rings. The lowest BCUT2D eigenvalue weighted by Gasteiger charge is -2.08. The highest BCUT2D eigenvalue weighted by atomic mass is 16.4.